The van der Waals surface area contributed by atoms with Crippen molar-refractivity contribution in [1.82, 2.24) is 0 Å². The van der Waals surface area contributed by atoms with Crippen molar-refractivity contribution in [1.29, 1.82) is 0 Å². The number of allylic oxidation sites excluding steroid dienone is 2. The molecule has 0 saturated heterocycles. The molecule has 1 aliphatic rings. The van der Waals surface area contributed by atoms with Crippen LogP contribution in [0.2, 0.25) is 0 Å². The van der Waals surface area contributed by atoms with Gasteiger partial charge in [-0.3, -0.25) is 4.79 Å². The Kier molecular flexibility index (Phi) is 2.65. The summed E-state index contributed by atoms with van der Waals surface area (Å²) in [6.45, 7) is 1.52. The summed E-state index contributed by atoms with van der Waals surface area (Å²) in [5.74, 6) is -4.52. The number of benzene rings is 2. The first-order chi connectivity index (χ1) is 10.3. The fraction of sp³-hybridized carbons (Fsp3) is 0.133. The third-order valence-corrected chi connectivity index (χ3v) is 3.77. The van der Waals surface area contributed by atoms with E-state index < -0.39 is 40.3 Å². The molecule has 0 radical (unpaired) electrons. The smallest absolute Gasteiger partial charge is 0.204 e. The van der Waals surface area contributed by atoms with Crippen molar-refractivity contribution in [3.63, 3.8) is 0 Å². The van der Waals surface area contributed by atoms with E-state index >= 15 is 0 Å². The van der Waals surface area contributed by atoms with Crippen molar-refractivity contribution >= 4 is 22.1 Å². The minimum atomic E-state index is -0.835. The summed E-state index contributed by atoms with van der Waals surface area (Å²) < 4.78 is 4.86. The molecule has 0 aromatic heterocycles. The summed E-state index contributed by atoms with van der Waals surface area (Å²) in [7, 11) is 1.17. The molecule has 2 aromatic rings. The zero-order valence-electron chi connectivity index (χ0n) is 11.6. The van der Waals surface area contributed by atoms with E-state index in [-0.39, 0.29) is 21.9 Å². The quantitative estimate of drug-likeness (QED) is 0.510. The molecular formula is C15H12O7. The lowest BCUT2D eigenvalue weighted by Gasteiger charge is -2.22. The van der Waals surface area contributed by atoms with E-state index in [1.165, 1.54) is 20.1 Å². The van der Waals surface area contributed by atoms with E-state index in [1.807, 2.05) is 0 Å². The number of aromatic hydroxyl groups is 5. The Morgan fingerprint density at radius 1 is 0.818 bits per heavy atom. The van der Waals surface area contributed by atoms with Crippen LogP contribution in [0.1, 0.15) is 22.8 Å². The molecule has 7 nitrogen and oxygen atoms in total. The van der Waals surface area contributed by atoms with Gasteiger partial charge >= 0.3 is 0 Å². The highest BCUT2D eigenvalue weighted by atomic mass is 16.5. The average Bonchev–Trinajstić information content (AvgIpc) is 2.44. The zero-order chi connectivity index (χ0) is 16.3. The first-order valence-electron chi connectivity index (χ1n) is 6.26. The highest BCUT2D eigenvalue weighted by Crippen LogP contribution is 2.57. The van der Waals surface area contributed by atoms with E-state index in [0.717, 1.165) is 0 Å². The van der Waals surface area contributed by atoms with E-state index in [4.69, 9.17) is 4.74 Å². The van der Waals surface area contributed by atoms with Crippen LogP contribution in [0.3, 0.4) is 0 Å². The Labute approximate surface area is 123 Å². The fourth-order valence-corrected chi connectivity index (χ4v) is 2.81. The van der Waals surface area contributed by atoms with Crippen LogP contribution in [0.4, 0.5) is 0 Å². The molecule has 0 heterocycles. The second-order valence-electron chi connectivity index (χ2n) is 4.97. The van der Waals surface area contributed by atoms with Crippen LogP contribution in [0, 0.1) is 0 Å². The summed E-state index contributed by atoms with van der Waals surface area (Å²) in [4.78, 5) is 12.2. The third-order valence-electron chi connectivity index (χ3n) is 3.77. The Hall–Kier alpha value is -3.09. The van der Waals surface area contributed by atoms with Crippen molar-refractivity contribution in [2.24, 2.45) is 0 Å². The van der Waals surface area contributed by atoms with Gasteiger partial charge in [-0.25, -0.2) is 0 Å². The van der Waals surface area contributed by atoms with Crippen molar-refractivity contribution in [2.45, 2.75) is 6.92 Å². The van der Waals surface area contributed by atoms with Crippen LogP contribution in [0.5, 0.6) is 34.5 Å². The second kappa shape index (κ2) is 4.20. The lowest BCUT2D eigenvalue weighted by atomic mass is 9.85. The molecule has 0 aliphatic heterocycles. The topological polar surface area (TPSA) is 127 Å². The van der Waals surface area contributed by atoms with Crippen LogP contribution in [-0.4, -0.2) is 38.4 Å². The lowest BCUT2D eigenvalue weighted by Crippen LogP contribution is -2.07. The van der Waals surface area contributed by atoms with Crippen molar-refractivity contribution < 1.29 is 35.1 Å². The van der Waals surface area contributed by atoms with Gasteiger partial charge in [0.2, 0.25) is 11.5 Å². The highest BCUT2D eigenvalue weighted by molar-refractivity contribution is 6.26. The number of hydrogen-bond acceptors (Lipinski definition) is 7. The minimum Gasteiger partial charge on any atom is -0.504 e. The molecule has 0 fully saturated rings. The number of ether oxygens (including phenoxy) is 1. The van der Waals surface area contributed by atoms with Gasteiger partial charge in [0.05, 0.1) is 18.1 Å². The van der Waals surface area contributed by atoms with E-state index in [2.05, 4.69) is 0 Å². The molecule has 5 N–H and O–H groups in total. The molecule has 0 amide bonds. The summed E-state index contributed by atoms with van der Waals surface area (Å²) >= 11 is 0. The second-order valence-corrected chi connectivity index (χ2v) is 4.97. The molecule has 0 atom stereocenters. The van der Waals surface area contributed by atoms with Crippen LogP contribution >= 0.6 is 0 Å². The largest absolute Gasteiger partial charge is 0.504 e. The Morgan fingerprint density at radius 3 is 2.05 bits per heavy atom. The molecule has 114 valence electrons. The Bertz CT molecular complexity index is 893. The van der Waals surface area contributed by atoms with Crippen LogP contribution < -0.4 is 4.74 Å². The van der Waals surface area contributed by atoms with Gasteiger partial charge in [0.15, 0.2) is 28.8 Å². The van der Waals surface area contributed by atoms with Crippen molar-refractivity contribution in [3.8, 4) is 34.5 Å². The van der Waals surface area contributed by atoms with Gasteiger partial charge in [-0.2, -0.15) is 0 Å². The maximum absolute atomic E-state index is 12.2. The van der Waals surface area contributed by atoms with Gasteiger partial charge in [0.1, 0.15) is 0 Å². The maximum Gasteiger partial charge on any atom is 0.204 e. The van der Waals surface area contributed by atoms with Gasteiger partial charge in [-0.15, -0.1) is 0 Å². The molecule has 0 bridgehead atoms. The van der Waals surface area contributed by atoms with Crippen molar-refractivity contribution in [3.05, 3.63) is 17.2 Å². The Balaban J connectivity index is 2.73. The summed E-state index contributed by atoms with van der Waals surface area (Å²) in [5, 5.41) is 50.0. The number of carbonyl (C=O) groups is 1. The molecular weight excluding hydrogens is 292 g/mol. The van der Waals surface area contributed by atoms with Crippen LogP contribution in [0.25, 0.3) is 16.3 Å². The first kappa shape index (κ1) is 13.9. The van der Waals surface area contributed by atoms with Crippen LogP contribution in [-0.2, 0) is 0 Å². The molecule has 0 unspecified atom stereocenters. The molecule has 1 aliphatic carbocycles. The molecule has 7 heteroatoms. The number of carbonyl (C=O) groups excluding carboxylic acids is 1. The van der Waals surface area contributed by atoms with Gasteiger partial charge in [0, 0.05) is 10.9 Å². The molecule has 0 spiro atoms. The van der Waals surface area contributed by atoms with Crippen molar-refractivity contribution in [2.75, 3.05) is 7.11 Å². The third kappa shape index (κ3) is 1.42. The van der Waals surface area contributed by atoms with E-state index in [0.29, 0.717) is 5.57 Å². The van der Waals surface area contributed by atoms with Crippen LogP contribution in [0.15, 0.2) is 6.08 Å². The SMILES string of the molecule is COc1c(O)c2c3c(c(O)c(O)c(O)c3c1O)C(C)=CC2=O. The monoisotopic (exact) mass is 304 g/mol. The summed E-state index contributed by atoms with van der Waals surface area (Å²) in [6.07, 6.45) is 1.17. The fourth-order valence-electron chi connectivity index (χ4n) is 2.81. The predicted molar refractivity (Wildman–Crippen MR) is 76.8 cm³/mol. The average molecular weight is 304 g/mol. The first-order valence-corrected chi connectivity index (χ1v) is 6.26. The minimum absolute atomic E-state index is 0.0476. The number of rotatable bonds is 1. The van der Waals surface area contributed by atoms with Gasteiger partial charge in [0.25, 0.3) is 0 Å². The standard InChI is InChI=1S/C15H12O7/c1-4-3-5(16)7-8-6(4)10(17)14(21)11(18)9(8)13(20)15(22-2)12(7)19/h3,17-21H,1-2H3. The normalized spacial score (nSPS) is 13.4. The number of methoxy groups -OCH3 is 1. The van der Waals surface area contributed by atoms with Gasteiger partial charge in [-0.1, -0.05) is 0 Å². The Morgan fingerprint density at radius 2 is 1.45 bits per heavy atom. The van der Waals surface area contributed by atoms with Gasteiger partial charge < -0.3 is 30.3 Å². The number of phenolic OH excluding ortho intramolecular Hbond substituents is 5. The number of hydrogen-bond donors (Lipinski definition) is 5. The molecule has 2 aromatic carbocycles. The van der Waals surface area contributed by atoms with E-state index in [9.17, 15) is 30.3 Å². The number of phenols is 5. The van der Waals surface area contributed by atoms with E-state index in [1.54, 1.807) is 0 Å². The molecule has 3 rings (SSSR count). The molecule has 0 saturated carbocycles. The highest BCUT2D eigenvalue weighted by Gasteiger charge is 2.33. The zero-order valence-corrected chi connectivity index (χ0v) is 11.6. The van der Waals surface area contributed by atoms with Gasteiger partial charge in [-0.05, 0) is 18.6 Å². The summed E-state index contributed by atoms with van der Waals surface area (Å²) in [5.41, 5.74) is 0.142. The number of ketones is 1. The lowest BCUT2D eigenvalue weighted by molar-refractivity contribution is 0.104. The maximum atomic E-state index is 12.2. The molecule has 22 heavy (non-hydrogen) atoms. The predicted octanol–water partition coefficient (Wildman–Crippen LogP) is 1.98. The summed E-state index contributed by atoms with van der Waals surface area (Å²) in [6, 6.07) is 0.